The van der Waals surface area contributed by atoms with Crippen LogP contribution >= 0.6 is 0 Å². The quantitative estimate of drug-likeness (QED) is 0.198. The zero-order valence-corrected chi connectivity index (χ0v) is 24.7. The molecule has 0 fully saturated rings. The Hall–Kier alpha value is -6.12. The number of hydrogen-bond donors (Lipinski definition) is 0. The van der Waals surface area contributed by atoms with Crippen LogP contribution in [-0.4, -0.2) is 0 Å². The van der Waals surface area contributed by atoms with Gasteiger partial charge >= 0.3 is 0 Å². The van der Waals surface area contributed by atoms with E-state index in [1.54, 1.807) is 0 Å². The van der Waals surface area contributed by atoms with E-state index >= 15 is 0 Å². The average Bonchev–Trinajstić information content (AvgIpc) is 3.57. The number of rotatable bonds is 5. The fourth-order valence-corrected chi connectivity index (χ4v) is 6.58. The van der Waals surface area contributed by atoms with E-state index in [0.29, 0.717) is 16.7 Å². The maximum Gasteiger partial charge on any atom is 0.143 e. The summed E-state index contributed by atoms with van der Waals surface area (Å²) in [5, 5.41) is 5.58. The summed E-state index contributed by atoms with van der Waals surface area (Å²) in [6.07, 6.45) is 0. The van der Waals surface area contributed by atoms with Gasteiger partial charge in [-0.05, 0) is 86.9 Å². The van der Waals surface area contributed by atoms with Crippen molar-refractivity contribution in [3.8, 4) is 22.3 Å². The lowest BCUT2D eigenvalue weighted by molar-refractivity contribution is 0.672. The smallest absolute Gasteiger partial charge is 0.143 e. The van der Waals surface area contributed by atoms with Crippen molar-refractivity contribution in [2.45, 2.75) is 0 Å². The van der Waals surface area contributed by atoms with E-state index in [9.17, 15) is 0 Å². The highest BCUT2D eigenvalue weighted by Gasteiger charge is 2.21. The summed E-state index contributed by atoms with van der Waals surface area (Å²) in [6, 6.07) is 47.6. The molecule has 8 aromatic carbocycles. The summed E-state index contributed by atoms with van der Waals surface area (Å²) in [7, 11) is 0. The Kier molecular flexibility index (Phi) is 5.06. The van der Waals surface area contributed by atoms with Gasteiger partial charge in [-0.3, -0.25) is 0 Å². The molecule has 216 valence electrons. The topological polar surface area (TPSA) is 16.4 Å². The van der Waals surface area contributed by atoms with Gasteiger partial charge in [-0.25, -0.2) is 0 Å². The van der Waals surface area contributed by atoms with Crippen LogP contribution in [0.15, 0.2) is 180 Å². The van der Waals surface area contributed by atoms with Gasteiger partial charge in [0, 0.05) is 22.1 Å². The minimum Gasteiger partial charge on any atom is -0.455 e. The van der Waals surface area contributed by atoms with Crippen LogP contribution in [0.3, 0.4) is 0 Å². The molecule has 2 heteroatoms. The fourth-order valence-electron chi connectivity index (χ4n) is 6.58. The lowest BCUT2D eigenvalue weighted by Crippen LogP contribution is -2.10. The maximum absolute atomic E-state index is 8.83. The molecular weight excluding hydrogens is 558 g/mol. The zero-order chi connectivity index (χ0) is 34.8. The normalized spacial score (nSPS) is 13.0. The first-order valence-corrected chi connectivity index (χ1v) is 15.3. The first-order valence-electron chi connectivity index (χ1n) is 17.8. The summed E-state index contributed by atoms with van der Waals surface area (Å²) in [6.45, 7) is 0. The molecule has 9 aromatic rings. The second-order valence-corrected chi connectivity index (χ2v) is 11.4. The highest BCUT2D eigenvalue weighted by Crippen LogP contribution is 2.46. The van der Waals surface area contributed by atoms with Crippen LogP contribution in [0.25, 0.3) is 65.7 Å². The van der Waals surface area contributed by atoms with Crippen molar-refractivity contribution in [3.05, 3.63) is 176 Å². The van der Waals surface area contributed by atoms with E-state index in [-0.39, 0.29) is 29.7 Å². The van der Waals surface area contributed by atoms with Crippen LogP contribution in [0.5, 0.6) is 0 Å². The third kappa shape index (κ3) is 4.35. The number of hydrogen-bond acceptors (Lipinski definition) is 2. The summed E-state index contributed by atoms with van der Waals surface area (Å²) in [4.78, 5) is 2.21. The van der Waals surface area contributed by atoms with Crippen LogP contribution in [0.1, 0.15) is 6.85 Å². The summed E-state index contributed by atoms with van der Waals surface area (Å²) in [5.41, 5.74) is 7.12. The van der Waals surface area contributed by atoms with Crippen LogP contribution < -0.4 is 4.90 Å². The molecule has 0 aliphatic carbocycles. The highest BCUT2D eigenvalue weighted by molar-refractivity contribution is 6.22. The third-order valence-corrected chi connectivity index (χ3v) is 8.71. The Morgan fingerprint density at radius 2 is 1.17 bits per heavy atom. The van der Waals surface area contributed by atoms with Gasteiger partial charge < -0.3 is 9.32 Å². The number of nitrogens with zero attached hydrogens (tertiary/aromatic N) is 1. The van der Waals surface area contributed by atoms with E-state index in [0.717, 1.165) is 49.7 Å². The standard InChI is InChI=1S/C44H29NO/c1-3-13-32(14-4-1)39-29-40-43-41(20-11-21-42(43)46-44(40)38-19-10-9-18-37(38)39)45(35-16-5-2-6-17-35)36-26-24-31(25-27-36)34-23-22-30-12-7-8-15-33(30)28-34/h1-29H/i1D,3D,4D,13D,14D. The molecule has 0 radical (unpaired) electrons. The summed E-state index contributed by atoms with van der Waals surface area (Å²) in [5.74, 6) is 0. The molecule has 0 saturated carbocycles. The number of anilines is 3. The van der Waals surface area contributed by atoms with Crippen LogP contribution in [-0.2, 0) is 0 Å². The van der Waals surface area contributed by atoms with E-state index in [1.807, 2.05) is 60.7 Å². The minimum atomic E-state index is -0.416. The lowest BCUT2D eigenvalue weighted by atomic mass is 9.95. The Morgan fingerprint density at radius 3 is 2.00 bits per heavy atom. The SMILES string of the molecule is [2H]c1c([2H])c([2H])c(-c2cc3c(oc4cccc(N(c5ccccc5)c5ccc(-c6ccc7ccccc7c6)cc5)c43)c3ccccc23)c([2H])c1[2H]. The molecular formula is C44H29NO. The molecule has 46 heavy (non-hydrogen) atoms. The van der Waals surface area contributed by atoms with Crippen molar-refractivity contribution in [3.63, 3.8) is 0 Å². The number of fused-ring (bicyclic) bond motifs is 6. The van der Waals surface area contributed by atoms with E-state index in [2.05, 4.69) is 89.8 Å². The Bertz CT molecular complexity index is 2780. The Labute approximate surface area is 274 Å². The fraction of sp³-hybridized carbons (Fsp3) is 0. The first kappa shape index (κ1) is 21.6. The van der Waals surface area contributed by atoms with E-state index in [4.69, 9.17) is 11.3 Å². The van der Waals surface area contributed by atoms with E-state index in [1.165, 1.54) is 10.8 Å². The predicted molar refractivity (Wildman–Crippen MR) is 194 cm³/mol. The molecule has 0 amide bonds. The van der Waals surface area contributed by atoms with Gasteiger partial charge in [0.05, 0.1) is 17.9 Å². The zero-order valence-electron chi connectivity index (χ0n) is 29.7. The predicted octanol–water partition coefficient (Wildman–Crippen LogP) is 12.7. The molecule has 0 unspecified atom stereocenters. The molecule has 0 aliphatic rings. The van der Waals surface area contributed by atoms with Crippen molar-refractivity contribution < 1.29 is 11.3 Å². The van der Waals surface area contributed by atoms with Crippen molar-refractivity contribution in [2.24, 2.45) is 0 Å². The van der Waals surface area contributed by atoms with Gasteiger partial charge in [0.2, 0.25) is 0 Å². The van der Waals surface area contributed by atoms with Crippen molar-refractivity contribution in [1.82, 2.24) is 0 Å². The Morgan fingerprint density at radius 1 is 0.478 bits per heavy atom. The summed E-state index contributed by atoms with van der Waals surface area (Å²) < 4.78 is 49.3. The highest BCUT2D eigenvalue weighted by atomic mass is 16.3. The largest absolute Gasteiger partial charge is 0.455 e. The molecule has 0 spiro atoms. The molecule has 1 heterocycles. The molecule has 0 atom stereocenters. The monoisotopic (exact) mass is 592 g/mol. The third-order valence-electron chi connectivity index (χ3n) is 8.71. The Balaban J connectivity index is 1.28. The van der Waals surface area contributed by atoms with Gasteiger partial charge in [0.15, 0.2) is 0 Å². The number of furan rings is 1. The van der Waals surface area contributed by atoms with Gasteiger partial charge in [0.1, 0.15) is 11.2 Å². The van der Waals surface area contributed by atoms with Gasteiger partial charge in [-0.2, -0.15) is 0 Å². The number of benzene rings is 8. The second-order valence-electron chi connectivity index (χ2n) is 11.4. The molecule has 0 N–H and O–H groups in total. The molecule has 9 rings (SSSR count). The van der Waals surface area contributed by atoms with Gasteiger partial charge in [0.25, 0.3) is 0 Å². The average molecular weight is 593 g/mol. The second kappa shape index (κ2) is 10.8. The number of para-hydroxylation sites is 1. The van der Waals surface area contributed by atoms with Crippen LogP contribution in [0.4, 0.5) is 17.1 Å². The molecule has 2 nitrogen and oxygen atoms in total. The van der Waals surface area contributed by atoms with Crippen LogP contribution in [0, 0.1) is 0 Å². The first-order chi connectivity index (χ1) is 24.9. The van der Waals surface area contributed by atoms with Gasteiger partial charge in [-0.1, -0.05) is 127 Å². The van der Waals surface area contributed by atoms with Crippen LogP contribution in [0.2, 0.25) is 0 Å². The molecule has 0 saturated heterocycles. The van der Waals surface area contributed by atoms with E-state index < -0.39 is 6.04 Å². The lowest BCUT2D eigenvalue weighted by Gasteiger charge is -2.26. The maximum atomic E-state index is 8.83. The van der Waals surface area contributed by atoms with Crippen molar-refractivity contribution in [2.75, 3.05) is 4.90 Å². The minimum absolute atomic E-state index is 0.162. The van der Waals surface area contributed by atoms with Crippen molar-refractivity contribution in [1.29, 1.82) is 0 Å². The molecule has 0 aliphatic heterocycles. The van der Waals surface area contributed by atoms with Crippen molar-refractivity contribution >= 4 is 60.5 Å². The molecule has 1 aromatic heterocycles. The van der Waals surface area contributed by atoms with Gasteiger partial charge in [-0.15, -0.1) is 0 Å². The summed E-state index contributed by atoms with van der Waals surface area (Å²) >= 11 is 0. The molecule has 0 bridgehead atoms.